The maximum absolute atomic E-state index is 10.2. The van der Waals surface area contributed by atoms with Gasteiger partial charge in [0, 0.05) is 32.7 Å². The van der Waals surface area contributed by atoms with Crippen LogP contribution in [0.25, 0.3) is 0 Å². The van der Waals surface area contributed by atoms with E-state index in [1.807, 2.05) is 45.0 Å². The van der Waals surface area contributed by atoms with Gasteiger partial charge in [0.25, 0.3) is 0 Å². The summed E-state index contributed by atoms with van der Waals surface area (Å²) < 4.78 is 0. The normalized spacial score (nSPS) is 10.4. The van der Waals surface area contributed by atoms with Gasteiger partial charge in [-0.25, -0.2) is 6.29 Å². The van der Waals surface area contributed by atoms with E-state index in [0.717, 1.165) is 5.56 Å². The zero-order chi connectivity index (χ0) is 11.0. The summed E-state index contributed by atoms with van der Waals surface area (Å²) in [6.45, 7) is 6.01. The van der Waals surface area contributed by atoms with E-state index in [9.17, 15) is 4.79 Å². The van der Waals surface area contributed by atoms with E-state index in [4.69, 9.17) is 5.73 Å². The molecule has 0 aromatic heterocycles. The molecule has 0 aliphatic rings. The molecule has 1 radical (unpaired) electrons. The predicted octanol–water partition coefficient (Wildman–Crippen LogP) is 2.00. The van der Waals surface area contributed by atoms with Crippen molar-refractivity contribution in [1.82, 2.24) is 0 Å². The molecule has 1 aromatic rings. The molecule has 0 saturated carbocycles. The fourth-order valence-corrected chi connectivity index (χ4v) is 1.12. The molecule has 0 saturated heterocycles. The van der Waals surface area contributed by atoms with Crippen LogP contribution < -0.4 is 5.73 Å². The molecule has 1 aromatic carbocycles. The van der Waals surface area contributed by atoms with Crippen LogP contribution in [0.1, 0.15) is 25.0 Å². The molecule has 0 bridgehead atoms. The van der Waals surface area contributed by atoms with E-state index in [1.165, 1.54) is 5.56 Å². The number of rotatable bonds is 3. The zero-order valence-electron chi connectivity index (χ0n) is 9.66. The van der Waals surface area contributed by atoms with Gasteiger partial charge in [-0.05, 0) is 24.5 Å². The van der Waals surface area contributed by atoms with Gasteiger partial charge in [0.05, 0.1) is 0 Å². The van der Waals surface area contributed by atoms with Crippen molar-refractivity contribution in [3.63, 3.8) is 0 Å². The molecule has 3 heteroatoms. The quantitative estimate of drug-likeness (QED) is 0.861. The Bertz CT molecular complexity index is 276. The molecular weight excluding hydrogens is 263 g/mol. The van der Waals surface area contributed by atoms with E-state index in [-0.39, 0.29) is 32.7 Å². The summed E-state index contributed by atoms with van der Waals surface area (Å²) in [4.78, 5) is 10.2. The Morgan fingerprint density at radius 3 is 2.33 bits per heavy atom. The third-order valence-corrected chi connectivity index (χ3v) is 1.85. The summed E-state index contributed by atoms with van der Waals surface area (Å²) in [5.74, 6) is 0. The van der Waals surface area contributed by atoms with Gasteiger partial charge in [-0.15, -0.1) is 0 Å². The van der Waals surface area contributed by atoms with E-state index in [1.54, 1.807) is 6.29 Å². The van der Waals surface area contributed by atoms with Crippen molar-refractivity contribution in [3.05, 3.63) is 35.4 Å². The minimum Gasteiger partial charge on any atom is -0.540 e. The number of carbonyl (C=O) groups excluding carboxylic acids is 1. The molecular formula is C12H18NOY-. The van der Waals surface area contributed by atoms with Gasteiger partial charge in [-0.1, -0.05) is 44.2 Å². The minimum absolute atomic E-state index is 0. The van der Waals surface area contributed by atoms with Gasteiger partial charge in [-0.3, -0.25) is 0 Å². The van der Waals surface area contributed by atoms with Crippen molar-refractivity contribution < 1.29 is 37.5 Å². The Morgan fingerprint density at radius 2 is 1.87 bits per heavy atom. The third kappa shape index (κ3) is 6.94. The van der Waals surface area contributed by atoms with Gasteiger partial charge >= 0.3 is 0 Å². The minimum atomic E-state index is -0.494. The van der Waals surface area contributed by atoms with Gasteiger partial charge in [-0.2, -0.15) is 0 Å². The fourth-order valence-electron chi connectivity index (χ4n) is 1.12. The Labute approximate surface area is 118 Å². The number of hydrogen-bond donors (Lipinski definition) is 1. The van der Waals surface area contributed by atoms with Crippen LogP contribution in [-0.4, -0.2) is 12.3 Å². The second-order valence-corrected chi connectivity index (χ2v) is 2.85. The number of nitrogens with two attached hydrogens (primary N) is 1. The number of hydrogen-bond acceptors (Lipinski definition) is 2. The molecule has 1 unspecified atom stereocenters. The fraction of sp³-hybridized carbons (Fsp3) is 0.417. The van der Waals surface area contributed by atoms with Gasteiger partial charge in [0.2, 0.25) is 0 Å². The molecule has 2 N–H and O–H groups in total. The second kappa shape index (κ2) is 10.5. The number of benzene rings is 1. The maximum Gasteiger partial charge on any atom is 0 e. The molecule has 1 rings (SSSR count). The maximum atomic E-state index is 10.2. The summed E-state index contributed by atoms with van der Waals surface area (Å²) >= 11 is 0. The first-order chi connectivity index (χ1) is 6.74. The van der Waals surface area contributed by atoms with Crippen molar-refractivity contribution in [3.8, 4) is 0 Å². The van der Waals surface area contributed by atoms with Gasteiger partial charge in [0.1, 0.15) is 0 Å². The zero-order valence-corrected chi connectivity index (χ0v) is 12.5. The van der Waals surface area contributed by atoms with E-state index >= 15 is 0 Å². The van der Waals surface area contributed by atoms with E-state index < -0.39 is 6.04 Å². The topological polar surface area (TPSA) is 43.1 Å². The smallest absolute Gasteiger partial charge is 0 e. The van der Waals surface area contributed by atoms with Gasteiger partial charge in [0.15, 0.2) is 0 Å². The Kier molecular flexibility index (Phi) is 12.1. The van der Waals surface area contributed by atoms with Crippen molar-refractivity contribution >= 4 is 6.29 Å². The van der Waals surface area contributed by atoms with Gasteiger partial charge < -0.3 is 10.5 Å². The molecule has 0 amide bonds. The average Bonchev–Trinajstić information content (AvgIpc) is 2.24. The van der Waals surface area contributed by atoms with Crippen LogP contribution in [0.2, 0.25) is 0 Å². The molecule has 2 nitrogen and oxygen atoms in total. The van der Waals surface area contributed by atoms with Crippen molar-refractivity contribution in [1.29, 1.82) is 0 Å². The van der Waals surface area contributed by atoms with E-state index in [0.29, 0.717) is 6.42 Å². The van der Waals surface area contributed by atoms with Crippen LogP contribution >= 0.6 is 0 Å². The molecule has 0 spiro atoms. The molecule has 0 heterocycles. The van der Waals surface area contributed by atoms with Crippen LogP contribution in [0, 0.1) is 6.92 Å². The SMILES string of the molecule is CC.Cc1ccccc1CC(N)[C-]=O.[Y]. The van der Waals surface area contributed by atoms with Crippen molar-refractivity contribution in [2.24, 2.45) is 5.73 Å². The Morgan fingerprint density at radius 1 is 1.33 bits per heavy atom. The summed E-state index contributed by atoms with van der Waals surface area (Å²) in [6, 6.07) is 7.40. The van der Waals surface area contributed by atoms with Crippen LogP contribution in [0.5, 0.6) is 0 Å². The average molecular weight is 281 g/mol. The summed E-state index contributed by atoms with van der Waals surface area (Å²) in [5.41, 5.74) is 7.74. The van der Waals surface area contributed by atoms with Crippen molar-refractivity contribution in [2.45, 2.75) is 33.2 Å². The van der Waals surface area contributed by atoms with Crippen molar-refractivity contribution in [2.75, 3.05) is 0 Å². The first-order valence-corrected chi connectivity index (χ1v) is 4.92. The molecule has 0 aliphatic carbocycles. The van der Waals surface area contributed by atoms with Crippen LogP contribution in [0.3, 0.4) is 0 Å². The summed E-state index contributed by atoms with van der Waals surface area (Å²) in [7, 11) is 0. The Hall–Kier alpha value is -0.0461. The first-order valence-electron chi connectivity index (χ1n) is 4.92. The Balaban J connectivity index is 0. The van der Waals surface area contributed by atoms with Crippen LogP contribution in [0.4, 0.5) is 0 Å². The molecule has 1 atom stereocenters. The third-order valence-electron chi connectivity index (χ3n) is 1.85. The predicted molar refractivity (Wildman–Crippen MR) is 59.9 cm³/mol. The molecule has 0 aliphatic heterocycles. The van der Waals surface area contributed by atoms with Crippen LogP contribution in [0.15, 0.2) is 24.3 Å². The molecule has 81 valence electrons. The molecule has 15 heavy (non-hydrogen) atoms. The largest absolute Gasteiger partial charge is 0.540 e. The molecule has 0 fully saturated rings. The summed E-state index contributed by atoms with van der Waals surface area (Å²) in [6.07, 6.45) is 2.35. The second-order valence-electron chi connectivity index (χ2n) is 2.85. The van der Waals surface area contributed by atoms with Crippen LogP contribution in [-0.2, 0) is 43.9 Å². The standard InChI is InChI=1S/C10H12NO.C2H6.Y/c1-8-4-2-3-5-9(8)6-10(11)7-12;1-2;/h2-5,10H,6,11H2,1H3;1-2H3;/q-1;;. The first kappa shape index (κ1) is 17.4. The van der Waals surface area contributed by atoms with E-state index in [2.05, 4.69) is 0 Å². The monoisotopic (exact) mass is 281 g/mol. The number of aryl methyl sites for hydroxylation is 1. The summed E-state index contributed by atoms with van der Waals surface area (Å²) in [5, 5.41) is 0.